The van der Waals surface area contributed by atoms with E-state index in [-0.39, 0.29) is 12.1 Å². The number of carbonyl (C=O) groups is 1. The quantitative estimate of drug-likeness (QED) is 0.731. The fourth-order valence-electron chi connectivity index (χ4n) is 3.59. The van der Waals surface area contributed by atoms with Gasteiger partial charge in [-0.25, -0.2) is 17.9 Å². The van der Waals surface area contributed by atoms with E-state index < -0.39 is 22.2 Å². The minimum Gasteiger partial charge on any atom is -0.475 e. The Kier molecular flexibility index (Phi) is 7.71. The minimum atomic E-state index is -5.08. The number of nitrogens with zero attached hydrogens (tertiary/aromatic N) is 1. The molecule has 2 N–H and O–H groups in total. The maximum Gasteiger partial charge on any atom is 0.490 e. The first-order chi connectivity index (χ1) is 13.3. The third-order valence-corrected chi connectivity index (χ3v) is 5.35. The summed E-state index contributed by atoms with van der Waals surface area (Å²) in [5, 5.41) is 7.12. The van der Waals surface area contributed by atoms with Crippen LogP contribution in [0.3, 0.4) is 0 Å². The molecule has 0 aliphatic carbocycles. The molecule has 2 saturated heterocycles. The molecular formula is C17H25F3N2O6S. The molecule has 0 amide bonds. The average molecular weight is 442 g/mol. The molecule has 0 saturated carbocycles. The van der Waals surface area contributed by atoms with Gasteiger partial charge in [-0.2, -0.15) is 13.2 Å². The first kappa shape index (κ1) is 23.6. The summed E-state index contributed by atoms with van der Waals surface area (Å²) in [6.07, 6.45) is -1.77. The number of piperidine rings is 1. The molecular weight excluding hydrogens is 417 g/mol. The van der Waals surface area contributed by atoms with E-state index in [4.69, 9.17) is 19.1 Å². The minimum absolute atomic E-state index is 0.0157. The normalized spacial score (nSPS) is 25.6. The molecule has 1 aromatic heterocycles. The van der Waals surface area contributed by atoms with E-state index in [1.807, 2.05) is 19.1 Å². The van der Waals surface area contributed by atoms with E-state index in [0.717, 1.165) is 37.5 Å². The van der Waals surface area contributed by atoms with Crippen molar-refractivity contribution in [2.24, 2.45) is 5.92 Å². The summed E-state index contributed by atoms with van der Waals surface area (Å²) in [7, 11) is -3.25. The Labute approximate surface area is 167 Å². The maximum atomic E-state index is 11.6. The molecule has 2 aliphatic heterocycles. The summed E-state index contributed by atoms with van der Waals surface area (Å²) in [5.74, 6) is -0.562. The lowest BCUT2D eigenvalue weighted by Gasteiger charge is -2.45. The fraction of sp³-hybridized carbons (Fsp3) is 0.706. The molecule has 2 fully saturated rings. The number of aryl methyl sites for hydroxylation is 1. The van der Waals surface area contributed by atoms with Crippen LogP contribution < -0.4 is 4.72 Å². The standard InChI is InChI=1S/C15H24N2O4S.C2HF3O2/c1-11-5-6-13(21-11)9-17-8-12-4-3-7-20-15(12)14(10-17)16-22(2,18)19;3-2(4,5)1(6)7/h5-6,12,14-16H,3-4,7-10H2,1-2H3;(H,6,7)/t12-,14+,15-;/m0./s1. The van der Waals surface area contributed by atoms with Crippen LogP contribution in [0.5, 0.6) is 0 Å². The summed E-state index contributed by atoms with van der Waals surface area (Å²) in [6.45, 7) is 4.93. The number of aliphatic carboxylic acids is 1. The SMILES string of the molecule is Cc1ccc(CN2C[C@@H]3CCCO[C@@H]3[C@H](NS(C)(=O)=O)C2)o1.O=C(O)C(F)(F)F. The molecule has 0 aromatic carbocycles. The first-order valence-corrected chi connectivity index (χ1v) is 10.9. The summed E-state index contributed by atoms with van der Waals surface area (Å²) >= 11 is 0. The third-order valence-electron chi connectivity index (χ3n) is 4.62. The number of sulfonamides is 1. The lowest BCUT2D eigenvalue weighted by Crippen LogP contribution is -2.60. The Balaban J connectivity index is 0.000000370. The molecule has 0 bridgehead atoms. The van der Waals surface area contributed by atoms with Crippen molar-refractivity contribution < 1.29 is 40.6 Å². The van der Waals surface area contributed by atoms with Crippen molar-refractivity contribution >= 4 is 16.0 Å². The Morgan fingerprint density at radius 3 is 2.52 bits per heavy atom. The van der Waals surface area contributed by atoms with Gasteiger partial charge in [-0.3, -0.25) is 4.90 Å². The van der Waals surface area contributed by atoms with Crippen LogP contribution in [0.15, 0.2) is 16.5 Å². The highest BCUT2D eigenvalue weighted by atomic mass is 32.2. The Morgan fingerprint density at radius 1 is 1.34 bits per heavy atom. The van der Waals surface area contributed by atoms with Gasteiger partial charge in [0, 0.05) is 19.7 Å². The predicted octanol–water partition coefficient (Wildman–Crippen LogP) is 1.75. The lowest BCUT2D eigenvalue weighted by molar-refractivity contribution is -0.192. The smallest absolute Gasteiger partial charge is 0.475 e. The van der Waals surface area contributed by atoms with E-state index in [2.05, 4.69) is 9.62 Å². The van der Waals surface area contributed by atoms with Gasteiger partial charge >= 0.3 is 12.1 Å². The number of fused-ring (bicyclic) bond motifs is 1. The van der Waals surface area contributed by atoms with Crippen LogP contribution in [-0.2, 0) is 26.1 Å². The van der Waals surface area contributed by atoms with Crippen LogP contribution in [0.4, 0.5) is 13.2 Å². The third kappa shape index (κ3) is 7.61. The molecule has 8 nitrogen and oxygen atoms in total. The van der Waals surface area contributed by atoms with Gasteiger partial charge in [0.15, 0.2) is 0 Å². The second-order valence-electron chi connectivity index (χ2n) is 7.24. The van der Waals surface area contributed by atoms with Crippen LogP contribution in [-0.4, -0.2) is 68.7 Å². The fourth-order valence-corrected chi connectivity index (χ4v) is 4.35. The number of carboxylic acid groups (broad SMARTS) is 1. The molecule has 3 rings (SSSR count). The van der Waals surface area contributed by atoms with E-state index in [0.29, 0.717) is 19.0 Å². The van der Waals surface area contributed by atoms with Gasteiger partial charge < -0.3 is 14.3 Å². The average Bonchev–Trinajstić information content (AvgIpc) is 2.98. The first-order valence-electron chi connectivity index (χ1n) is 9.02. The molecule has 166 valence electrons. The van der Waals surface area contributed by atoms with Crippen LogP contribution in [0, 0.1) is 12.8 Å². The van der Waals surface area contributed by atoms with Gasteiger partial charge in [0.05, 0.1) is 24.9 Å². The molecule has 2 aliphatic rings. The highest BCUT2D eigenvalue weighted by molar-refractivity contribution is 7.88. The highest BCUT2D eigenvalue weighted by Gasteiger charge is 2.40. The van der Waals surface area contributed by atoms with Crippen LogP contribution in [0.2, 0.25) is 0 Å². The van der Waals surface area contributed by atoms with Crippen molar-refractivity contribution in [3.8, 4) is 0 Å². The van der Waals surface area contributed by atoms with Crippen molar-refractivity contribution in [2.75, 3.05) is 26.0 Å². The molecule has 12 heteroatoms. The van der Waals surface area contributed by atoms with Crippen molar-refractivity contribution in [3.63, 3.8) is 0 Å². The molecule has 0 spiro atoms. The molecule has 3 atom stereocenters. The maximum absolute atomic E-state index is 11.6. The van der Waals surface area contributed by atoms with Crippen molar-refractivity contribution in [2.45, 2.75) is 44.6 Å². The largest absolute Gasteiger partial charge is 0.490 e. The predicted molar refractivity (Wildman–Crippen MR) is 96.6 cm³/mol. The number of rotatable bonds is 4. The zero-order chi connectivity index (χ0) is 21.8. The highest BCUT2D eigenvalue weighted by Crippen LogP contribution is 2.30. The molecule has 0 radical (unpaired) electrons. The molecule has 1 aromatic rings. The summed E-state index contributed by atoms with van der Waals surface area (Å²) in [5.41, 5.74) is 0. The Bertz CT molecular complexity index is 795. The summed E-state index contributed by atoms with van der Waals surface area (Å²) < 4.78 is 69.3. The van der Waals surface area contributed by atoms with Gasteiger partial charge in [0.25, 0.3) is 0 Å². The van der Waals surface area contributed by atoms with Gasteiger partial charge in [0.2, 0.25) is 10.0 Å². The number of ether oxygens (including phenoxy) is 1. The molecule has 29 heavy (non-hydrogen) atoms. The lowest BCUT2D eigenvalue weighted by atomic mass is 9.86. The van der Waals surface area contributed by atoms with E-state index in [1.54, 1.807) is 0 Å². The number of hydrogen-bond acceptors (Lipinski definition) is 6. The van der Waals surface area contributed by atoms with E-state index in [9.17, 15) is 21.6 Å². The van der Waals surface area contributed by atoms with Gasteiger partial charge in [0.1, 0.15) is 11.5 Å². The monoisotopic (exact) mass is 442 g/mol. The number of furan rings is 1. The topological polar surface area (TPSA) is 109 Å². The second kappa shape index (κ2) is 9.45. The van der Waals surface area contributed by atoms with Gasteiger partial charge in [-0.1, -0.05) is 0 Å². The Morgan fingerprint density at radius 2 is 2.00 bits per heavy atom. The number of hydrogen-bond donors (Lipinski definition) is 2. The number of alkyl halides is 3. The summed E-state index contributed by atoms with van der Waals surface area (Å²) in [6, 6.07) is 3.75. The van der Waals surface area contributed by atoms with Crippen LogP contribution in [0.25, 0.3) is 0 Å². The second-order valence-corrected chi connectivity index (χ2v) is 9.02. The van der Waals surface area contributed by atoms with Crippen molar-refractivity contribution in [1.29, 1.82) is 0 Å². The number of halogens is 3. The van der Waals surface area contributed by atoms with E-state index >= 15 is 0 Å². The van der Waals surface area contributed by atoms with Crippen molar-refractivity contribution in [1.82, 2.24) is 9.62 Å². The number of likely N-dealkylation sites (tertiary alicyclic amines) is 1. The zero-order valence-electron chi connectivity index (χ0n) is 16.1. The molecule has 3 heterocycles. The van der Waals surface area contributed by atoms with E-state index in [1.165, 1.54) is 6.26 Å². The van der Waals surface area contributed by atoms with Gasteiger partial charge in [-0.05, 0) is 37.8 Å². The van der Waals surface area contributed by atoms with Crippen LogP contribution in [0.1, 0.15) is 24.4 Å². The zero-order valence-corrected chi connectivity index (χ0v) is 16.9. The molecule has 0 unspecified atom stereocenters. The number of carboxylic acids is 1. The Hall–Kier alpha value is -1.63. The van der Waals surface area contributed by atoms with Gasteiger partial charge in [-0.15, -0.1) is 0 Å². The van der Waals surface area contributed by atoms with Crippen molar-refractivity contribution in [3.05, 3.63) is 23.7 Å². The van der Waals surface area contributed by atoms with Crippen LogP contribution >= 0.6 is 0 Å². The summed E-state index contributed by atoms with van der Waals surface area (Å²) in [4.78, 5) is 11.2. The number of nitrogens with one attached hydrogen (secondary N) is 1.